The van der Waals surface area contributed by atoms with E-state index in [-0.39, 0.29) is 6.61 Å². The highest BCUT2D eigenvalue weighted by Crippen LogP contribution is 2.28. The van der Waals surface area contributed by atoms with Gasteiger partial charge >= 0.3 is 12.1 Å². The highest BCUT2D eigenvalue weighted by atomic mass is 32.1. The van der Waals surface area contributed by atoms with Crippen molar-refractivity contribution in [3.05, 3.63) is 47.0 Å². The van der Waals surface area contributed by atoms with Crippen molar-refractivity contribution >= 4 is 28.6 Å². The van der Waals surface area contributed by atoms with Crippen LogP contribution in [0.2, 0.25) is 0 Å². The first-order chi connectivity index (χ1) is 15.0. The average Bonchev–Trinajstić information content (AvgIpc) is 3.44. The van der Waals surface area contributed by atoms with Crippen molar-refractivity contribution in [3.63, 3.8) is 0 Å². The summed E-state index contributed by atoms with van der Waals surface area (Å²) in [7, 11) is 0. The van der Waals surface area contributed by atoms with Crippen molar-refractivity contribution in [2.45, 2.75) is 24.9 Å². The molecule has 1 unspecified atom stereocenters. The van der Waals surface area contributed by atoms with Gasteiger partial charge in [-0.1, -0.05) is 6.07 Å². The Hall–Kier alpha value is -2.79. The van der Waals surface area contributed by atoms with E-state index in [1.165, 1.54) is 6.07 Å². The van der Waals surface area contributed by atoms with Crippen LogP contribution in [0, 0.1) is 11.6 Å². The number of carbonyl (C=O) groups is 2. The van der Waals surface area contributed by atoms with Crippen molar-refractivity contribution in [2.75, 3.05) is 37.7 Å². The molecule has 0 bridgehead atoms. The number of piperidine rings is 1. The van der Waals surface area contributed by atoms with Gasteiger partial charge in [-0.15, -0.1) is 11.3 Å². The second kappa shape index (κ2) is 9.56. The standard InChI is InChI=1S/C20H23F2N5O3S/c21-15-2-1-13(11-16(15)22)17-12-30-20(29)27(17)18(28)24-6-5-23-14-3-8-26(9-4-14)19-25-7-10-31-19/h1-2,7,10-11,14,17,23H,3-6,8-9,12H2,(H,24,28). The number of rotatable bonds is 6. The van der Waals surface area contributed by atoms with Gasteiger partial charge in [-0.3, -0.25) is 0 Å². The number of amides is 3. The normalized spacial score (nSPS) is 19.5. The van der Waals surface area contributed by atoms with Crippen LogP contribution in [0.15, 0.2) is 29.8 Å². The van der Waals surface area contributed by atoms with Gasteiger partial charge in [0.1, 0.15) is 12.6 Å². The molecule has 0 saturated carbocycles. The molecule has 2 aromatic rings. The van der Waals surface area contributed by atoms with E-state index in [0.29, 0.717) is 24.7 Å². The number of benzene rings is 1. The fraction of sp³-hybridized carbons (Fsp3) is 0.450. The molecule has 2 saturated heterocycles. The Morgan fingerprint density at radius 2 is 2.03 bits per heavy atom. The molecule has 31 heavy (non-hydrogen) atoms. The minimum absolute atomic E-state index is 0.104. The molecule has 3 amide bonds. The van der Waals surface area contributed by atoms with Gasteiger partial charge < -0.3 is 20.3 Å². The summed E-state index contributed by atoms with van der Waals surface area (Å²) in [5.74, 6) is -2.03. The summed E-state index contributed by atoms with van der Waals surface area (Å²) in [6.45, 7) is 2.61. The maximum atomic E-state index is 13.6. The van der Waals surface area contributed by atoms with E-state index in [1.54, 1.807) is 17.5 Å². The van der Waals surface area contributed by atoms with Gasteiger partial charge in [0, 0.05) is 43.8 Å². The number of hydrogen-bond donors (Lipinski definition) is 2. The van der Waals surface area contributed by atoms with Gasteiger partial charge in [-0.2, -0.15) is 0 Å². The second-order valence-corrected chi connectivity index (χ2v) is 8.27. The van der Waals surface area contributed by atoms with Crippen LogP contribution in [-0.2, 0) is 4.74 Å². The Kier molecular flexibility index (Phi) is 6.62. The van der Waals surface area contributed by atoms with Crippen molar-refractivity contribution in [1.29, 1.82) is 0 Å². The van der Waals surface area contributed by atoms with E-state index >= 15 is 0 Å². The third kappa shape index (κ3) is 4.93. The zero-order valence-electron chi connectivity index (χ0n) is 16.7. The number of imide groups is 1. The molecule has 1 aromatic carbocycles. The Bertz CT molecular complexity index is 922. The summed E-state index contributed by atoms with van der Waals surface area (Å²) >= 11 is 1.63. The molecule has 8 nitrogen and oxygen atoms in total. The Balaban J connectivity index is 1.23. The number of thiazole rings is 1. The number of carbonyl (C=O) groups excluding carboxylic acids is 2. The zero-order valence-corrected chi connectivity index (χ0v) is 17.5. The third-order valence-corrected chi connectivity index (χ3v) is 6.27. The fourth-order valence-electron chi connectivity index (χ4n) is 3.79. The Morgan fingerprint density at radius 1 is 1.23 bits per heavy atom. The SMILES string of the molecule is O=C(NCCNC1CCN(c2nccs2)CC1)N1C(=O)OCC1c1ccc(F)c(F)c1. The molecule has 1 atom stereocenters. The third-order valence-electron chi connectivity index (χ3n) is 5.44. The van der Waals surface area contributed by atoms with Gasteiger partial charge in [0.2, 0.25) is 0 Å². The van der Waals surface area contributed by atoms with E-state index in [2.05, 4.69) is 20.5 Å². The first kappa shape index (κ1) is 21.4. The predicted molar refractivity (Wildman–Crippen MR) is 111 cm³/mol. The van der Waals surface area contributed by atoms with E-state index in [0.717, 1.165) is 48.1 Å². The van der Waals surface area contributed by atoms with Crippen molar-refractivity contribution in [2.24, 2.45) is 0 Å². The quantitative estimate of drug-likeness (QED) is 0.657. The van der Waals surface area contributed by atoms with Crippen LogP contribution in [-0.4, -0.2) is 60.8 Å². The number of halogens is 2. The van der Waals surface area contributed by atoms with Crippen LogP contribution in [0.4, 0.5) is 23.5 Å². The lowest BCUT2D eigenvalue weighted by atomic mass is 10.1. The molecule has 0 aliphatic carbocycles. The summed E-state index contributed by atoms with van der Waals surface area (Å²) in [5, 5.41) is 9.11. The number of nitrogens with zero attached hydrogens (tertiary/aromatic N) is 3. The molecule has 0 spiro atoms. The van der Waals surface area contributed by atoms with Gasteiger partial charge in [-0.05, 0) is 30.5 Å². The van der Waals surface area contributed by atoms with Gasteiger partial charge in [0.05, 0.1) is 0 Å². The highest BCUT2D eigenvalue weighted by Gasteiger charge is 2.39. The van der Waals surface area contributed by atoms with Crippen LogP contribution in [0.25, 0.3) is 0 Å². The monoisotopic (exact) mass is 451 g/mol. The molecule has 1 aromatic heterocycles. The smallest absolute Gasteiger partial charge is 0.418 e. The lowest BCUT2D eigenvalue weighted by molar-refractivity contribution is 0.158. The Labute approximate surface area is 182 Å². The topological polar surface area (TPSA) is 86.8 Å². The van der Waals surface area contributed by atoms with E-state index in [4.69, 9.17) is 4.74 Å². The molecule has 2 fully saturated rings. The van der Waals surface area contributed by atoms with Gasteiger partial charge in [-0.25, -0.2) is 28.3 Å². The highest BCUT2D eigenvalue weighted by molar-refractivity contribution is 7.13. The van der Waals surface area contributed by atoms with Crippen molar-refractivity contribution < 1.29 is 23.1 Å². The summed E-state index contributed by atoms with van der Waals surface area (Å²) in [6, 6.07) is 2.20. The Morgan fingerprint density at radius 3 is 2.74 bits per heavy atom. The number of anilines is 1. The molecule has 166 valence electrons. The number of nitrogens with one attached hydrogen (secondary N) is 2. The number of cyclic esters (lactones) is 1. The van der Waals surface area contributed by atoms with Crippen molar-refractivity contribution in [1.82, 2.24) is 20.5 Å². The molecular weight excluding hydrogens is 428 g/mol. The zero-order chi connectivity index (χ0) is 21.8. The van der Waals surface area contributed by atoms with E-state index in [9.17, 15) is 18.4 Å². The molecule has 4 rings (SSSR count). The van der Waals surface area contributed by atoms with Crippen molar-refractivity contribution in [3.8, 4) is 0 Å². The predicted octanol–water partition coefficient (Wildman–Crippen LogP) is 2.88. The number of urea groups is 1. The summed E-state index contributed by atoms with van der Waals surface area (Å²) < 4.78 is 31.7. The first-order valence-corrected chi connectivity index (χ1v) is 11.0. The van der Waals surface area contributed by atoms with Gasteiger partial charge in [0.25, 0.3) is 0 Å². The second-order valence-electron chi connectivity index (χ2n) is 7.40. The molecule has 2 aliphatic rings. The number of hydrogen-bond acceptors (Lipinski definition) is 7. The molecule has 11 heteroatoms. The molecule has 2 aliphatic heterocycles. The summed E-state index contributed by atoms with van der Waals surface area (Å²) in [5.41, 5.74) is 0.296. The maximum absolute atomic E-state index is 13.6. The lowest BCUT2D eigenvalue weighted by Crippen LogP contribution is -2.47. The lowest BCUT2D eigenvalue weighted by Gasteiger charge is -2.32. The number of ether oxygens (including phenoxy) is 1. The van der Waals surface area contributed by atoms with Gasteiger partial charge in [0.15, 0.2) is 16.8 Å². The molecule has 3 heterocycles. The van der Waals surface area contributed by atoms with Crippen LogP contribution in [0.3, 0.4) is 0 Å². The number of aromatic nitrogens is 1. The molecule has 2 N–H and O–H groups in total. The minimum Gasteiger partial charge on any atom is -0.446 e. The molecular formula is C20H23F2N5O3S. The minimum atomic E-state index is -1.04. The van der Waals surface area contributed by atoms with E-state index < -0.39 is 29.8 Å². The van der Waals surface area contributed by atoms with Crippen LogP contribution < -0.4 is 15.5 Å². The average molecular weight is 451 g/mol. The van der Waals surface area contributed by atoms with E-state index in [1.807, 2.05) is 5.38 Å². The van der Waals surface area contributed by atoms with Crippen LogP contribution in [0.1, 0.15) is 24.4 Å². The maximum Gasteiger partial charge on any atom is 0.418 e. The van der Waals surface area contributed by atoms with Crippen LogP contribution in [0.5, 0.6) is 0 Å². The largest absolute Gasteiger partial charge is 0.446 e. The molecule has 0 radical (unpaired) electrons. The summed E-state index contributed by atoms with van der Waals surface area (Å²) in [6.07, 6.45) is 2.95. The fourth-order valence-corrected chi connectivity index (χ4v) is 4.49. The van der Waals surface area contributed by atoms with Crippen LogP contribution >= 0.6 is 11.3 Å². The first-order valence-electron chi connectivity index (χ1n) is 10.1. The summed E-state index contributed by atoms with van der Waals surface area (Å²) in [4.78, 5) is 32.0.